The third-order valence-electron chi connectivity index (χ3n) is 4.44. The van der Waals surface area contributed by atoms with Gasteiger partial charge in [-0.1, -0.05) is 35.9 Å². The summed E-state index contributed by atoms with van der Waals surface area (Å²) in [6.45, 7) is 2.08. The maximum absolute atomic E-state index is 12.4. The minimum absolute atomic E-state index is 0.0365. The predicted molar refractivity (Wildman–Crippen MR) is 98.6 cm³/mol. The summed E-state index contributed by atoms with van der Waals surface area (Å²) in [5.41, 5.74) is 8.39. The molecule has 3 unspecified atom stereocenters. The van der Waals surface area contributed by atoms with Crippen molar-refractivity contribution in [2.45, 2.75) is 31.5 Å². The lowest BCUT2D eigenvalue weighted by Gasteiger charge is -2.22. The van der Waals surface area contributed by atoms with E-state index in [1.807, 2.05) is 48.5 Å². The molecule has 5 nitrogen and oxygen atoms in total. The highest BCUT2D eigenvalue weighted by atomic mass is 35.5. The van der Waals surface area contributed by atoms with Gasteiger partial charge in [0.25, 0.3) is 0 Å². The third kappa shape index (κ3) is 4.31. The van der Waals surface area contributed by atoms with Crippen LogP contribution in [0.25, 0.3) is 0 Å². The van der Waals surface area contributed by atoms with E-state index >= 15 is 0 Å². The third-order valence-corrected chi connectivity index (χ3v) is 4.67. The highest BCUT2D eigenvalue weighted by Crippen LogP contribution is 2.28. The van der Waals surface area contributed by atoms with Crippen LogP contribution in [-0.4, -0.2) is 25.2 Å². The van der Waals surface area contributed by atoms with Crippen LogP contribution in [0.1, 0.15) is 24.0 Å². The van der Waals surface area contributed by atoms with Crippen molar-refractivity contribution in [3.8, 4) is 5.75 Å². The Morgan fingerprint density at radius 1 is 1.20 bits per heavy atom. The average molecular weight is 360 g/mol. The summed E-state index contributed by atoms with van der Waals surface area (Å²) >= 11 is 6.12. The molecule has 0 spiro atoms. The second-order valence-electron chi connectivity index (χ2n) is 6.23. The van der Waals surface area contributed by atoms with E-state index in [4.69, 9.17) is 16.3 Å². The summed E-state index contributed by atoms with van der Waals surface area (Å²) in [6.07, 6.45) is 0.123. The van der Waals surface area contributed by atoms with Gasteiger partial charge in [-0.05, 0) is 42.3 Å². The van der Waals surface area contributed by atoms with Crippen molar-refractivity contribution in [2.24, 2.45) is 0 Å². The number of ether oxygens (including phenoxy) is 1. The lowest BCUT2D eigenvalue weighted by molar-refractivity contribution is -0.121. The summed E-state index contributed by atoms with van der Waals surface area (Å²) in [5.74, 6) is 0.838. The summed E-state index contributed by atoms with van der Waals surface area (Å²) in [5, 5.41) is 3.76. The van der Waals surface area contributed by atoms with Gasteiger partial charge in [0, 0.05) is 17.0 Å². The Morgan fingerprint density at radius 2 is 1.96 bits per heavy atom. The molecule has 0 radical (unpaired) electrons. The topological polar surface area (TPSA) is 62.4 Å². The first kappa shape index (κ1) is 17.7. The number of carbonyl (C=O) groups is 1. The van der Waals surface area contributed by atoms with E-state index in [1.54, 1.807) is 7.11 Å². The molecule has 2 aromatic rings. The molecular weight excluding hydrogens is 338 g/mol. The number of methoxy groups -OCH3 is 1. The summed E-state index contributed by atoms with van der Waals surface area (Å²) in [6, 6.07) is 15.4. The number of amides is 1. The normalized spacial score (nSPS) is 22.6. The van der Waals surface area contributed by atoms with E-state index in [-0.39, 0.29) is 24.0 Å². The van der Waals surface area contributed by atoms with Crippen LogP contribution in [0, 0.1) is 0 Å². The standard InChI is InChI=1S/C19H22ClN3O2/c1-12-18(14-4-3-5-15(20)11-14)19(23-22-12)21-17(24)10-13-6-8-16(25-2)9-7-13/h3-9,11-12,18-19,22-23H,10H2,1-2H3,(H,21,24). The number of rotatable bonds is 5. The minimum Gasteiger partial charge on any atom is -0.497 e. The molecule has 1 saturated heterocycles. The van der Waals surface area contributed by atoms with Crippen LogP contribution in [0.3, 0.4) is 0 Å². The molecule has 1 aliphatic heterocycles. The molecule has 1 aliphatic rings. The molecular formula is C19H22ClN3O2. The van der Waals surface area contributed by atoms with Gasteiger partial charge in [-0.25, -0.2) is 5.43 Å². The largest absolute Gasteiger partial charge is 0.497 e. The van der Waals surface area contributed by atoms with E-state index in [9.17, 15) is 4.79 Å². The van der Waals surface area contributed by atoms with Crippen molar-refractivity contribution in [2.75, 3.05) is 7.11 Å². The lowest BCUT2D eigenvalue weighted by atomic mass is 9.91. The molecule has 0 aliphatic carbocycles. The Morgan fingerprint density at radius 3 is 2.64 bits per heavy atom. The zero-order valence-corrected chi connectivity index (χ0v) is 15.0. The monoisotopic (exact) mass is 359 g/mol. The first-order valence-corrected chi connectivity index (χ1v) is 8.63. The Kier molecular flexibility index (Phi) is 5.58. The molecule has 6 heteroatoms. The molecule has 1 amide bonds. The number of nitrogens with one attached hydrogen (secondary N) is 3. The molecule has 25 heavy (non-hydrogen) atoms. The van der Waals surface area contributed by atoms with E-state index < -0.39 is 0 Å². The average Bonchev–Trinajstić information content (AvgIpc) is 2.95. The van der Waals surface area contributed by atoms with Crippen molar-refractivity contribution >= 4 is 17.5 Å². The molecule has 2 aromatic carbocycles. The number of hydrogen-bond acceptors (Lipinski definition) is 4. The van der Waals surface area contributed by atoms with Crippen molar-refractivity contribution < 1.29 is 9.53 Å². The van der Waals surface area contributed by atoms with Crippen LogP contribution in [0.4, 0.5) is 0 Å². The number of benzene rings is 2. The molecule has 3 N–H and O–H groups in total. The fourth-order valence-corrected chi connectivity index (χ4v) is 3.36. The fraction of sp³-hybridized carbons (Fsp3) is 0.316. The fourth-order valence-electron chi connectivity index (χ4n) is 3.16. The molecule has 1 fully saturated rings. The van der Waals surface area contributed by atoms with Crippen molar-refractivity contribution in [1.82, 2.24) is 16.2 Å². The Labute approximate surface area is 152 Å². The van der Waals surface area contributed by atoms with Crippen LogP contribution < -0.4 is 20.9 Å². The van der Waals surface area contributed by atoms with Gasteiger partial charge < -0.3 is 10.1 Å². The Bertz CT molecular complexity index is 736. The zero-order valence-electron chi connectivity index (χ0n) is 14.3. The predicted octanol–water partition coefficient (Wildman–Crippen LogP) is 2.61. The number of hydrogen-bond donors (Lipinski definition) is 3. The van der Waals surface area contributed by atoms with Gasteiger partial charge in [0.15, 0.2) is 0 Å². The number of halogens is 1. The van der Waals surface area contributed by atoms with E-state index in [1.165, 1.54) is 0 Å². The second-order valence-corrected chi connectivity index (χ2v) is 6.66. The molecule has 132 valence electrons. The van der Waals surface area contributed by atoms with Crippen LogP contribution >= 0.6 is 11.6 Å². The van der Waals surface area contributed by atoms with Crippen LogP contribution in [0.5, 0.6) is 5.75 Å². The van der Waals surface area contributed by atoms with Gasteiger partial charge in [-0.3, -0.25) is 10.2 Å². The maximum Gasteiger partial charge on any atom is 0.225 e. The van der Waals surface area contributed by atoms with Crippen molar-refractivity contribution in [3.63, 3.8) is 0 Å². The Hall–Kier alpha value is -2.08. The molecule has 3 atom stereocenters. The molecule has 0 aromatic heterocycles. The molecule has 0 saturated carbocycles. The van der Waals surface area contributed by atoms with Gasteiger partial charge in [-0.2, -0.15) is 0 Å². The van der Waals surface area contributed by atoms with Crippen LogP contribution in [-0.2, 0) is 11.2 Å². The van der Waals surface area contributed by atoms with E-state index in [2.05, 4.69) is 23.1 Å². The lowest BCUT2D eigenvalue weighted by Crippen LogP contribution is -2.46. The van der Waals surface area contributed by atoms with Crippen molar-refractivity contribution in [3.05, 3.63) is 64.7 Å². The minimum atomic E-state index is -0.195. The van der Waals surface area contributed by atoms with Gasteiger partial charge in [0.1, 0.15) is 11.9 Å². The Balaban J connectivity index is 1.66. The van der Waals surface area contributed by atoms with E-state index in [0.717, 1.165) is 16.9 Å². The summed E-state index contributed by atoms with van der Waals surface area (Å²) in [7, 11) is 1.62. The first-order valence-electron chi connectivity index (χ1n) is 8.25. The van der Waals surface area contributed by atoms with Gasteiger partial charge in [0.2, 0.25) is 5.91 Å². The van der Waals surface area contributed by atoms with Crippen molar-refractivity contribution in [1.29, 1.82) is 0 Å². The SMILES string of the molecule is COc1ccc(CC(=O)NC2NNC(C)C2c2cccc(Cl)c2)cc1. The maximum atomic E-state index is 12.4. The van der Waals surface area contributed by atoms with E-state index in [0.29, 0.717) is 11.4 Å². The van der Waals surface area contributed by atoms with Gasteiger partial charge >= 0.3 is 0 Å². The smallest absolute Gasteiger partial charge is 0.225 e. The summed E-state index contributed by atoms with van der Waals surface area (Å²) in [4.78, 5) is 12.4. The first-order chi connectivity index (χ1) is 12.1. The highest BCUT2D eigenvalue weighted by Gasteiger charge is 2.35. The van der Waals surface area contributed by atoms with Gasteiger partial charge in [0.05, 0.1) is 13.5 Å². The quantitative estimate of drug-likeness (QED) is 0.768. The van der Waals surface area contributed by atoms with Crippen LogP contribution in [0.15, 0.2) is 48.5 Å². The number of hydrazine groups is 1. The molecule has 1 heterocycles. The highest BCUT2D eigenvalue weighted by molar-refractivity contribution is 6.30. The molecule has 3 rings (SSSR count). The van der Waals surface area contributed by atoms with Gasteiger partial charge in [-0.15, -0.1) is 0 Å². The zero-order chi connectivity index (χ0) is 17.8. The molecule has 0 bridgehead atoms. The second kappa shape index (κ2) is 7.87. The summed E-state index contributed by atoms with van der Waals surface area (Å²) < 4.78 is 5.14. The van der Waals surface area contributed by atoms with Crippen LogP contribution in [0.2, 0.25) is 5.02 Å². The number of carbonyl (C=O) groups excluding carboxylic acids is 1.